The van der Waals surface area contributed by atoms with Crippen molar-refractivity contribution in [3.05, 3.63) is 46.7 Å². The van der Waals surface area contributed by atoms with Crippen LogP contribution in [0.15, 0.2) is 24.4 Å². The van der Waals surface area contributed by atoms with E-state index in [1.165, 1.54) is 61.0 Å². The molecular weight excluding hydrogens is 316 g/mol. The smallest absolute Gasteiger partial charge is 0.0605 e. The number of hydrogen-bond donors (Lipinski definition) is 1. The molecule has 0 amide bonds. The van der Waals surface area contributed by atoms with Crippen molar-refractivity contribution in [3.8, 4) is 11.8 Å². The topological polar surface area (TPSA) is 15.3 Å². The molecule has 140 valence electrons. The van der Waals surface area contributed by atoms with Gasteiger partial charge in [-0.15, -0.1) is 0 Å². The number of aryl methyl sites for hydroxylation is 2. The normalized spacial score (nSPS) is 21.6. The van der Waals surface area contributed by atoms with Gasteiger partial charge in [0.05, 0.1) is 6.54 Å². The Bertz CT molecular complexity index is 731. The average molecular weight is 351 g/mol. The van der Waals surface area contributed by atoms with Gasteiger partial charge >= 0.3 is 0 Å². The molecule has 1 saturated heterocycles. The summed E-state index contributed by atoms with van der Waals surface area (Å²) in [6.45, 7) is 14.4. The van der Waals surface area contributed by atoms with Gasteiger partial charge in [-0.3, -0.25) is 4.90 Å². The highest BCUT2D eigenvalue weighted by molar-refractivity contribution is 5.52. The van der Waals surface area contributed by atoms with Crippen molar-refractivity contribution >= 4 is 0 Å². The van der Waals surface area contributed by atoms with Gasteiger partial charge in [-0.25, -0.2) is 0 Å². The minimum atomic E-state index is 0.125. The molecular formula is C24H34N2. The van der Waals surface area contributed by atoms with E-state index in [0.29, 0.717) is 0 Å². The molecule has 2 fully saturated rings. The lowest BCUT2D eigenvalue weighted by Crippen LogP contribution is -2.41. The van der Waals surface area contributed by atoms with Crippen LogP contribution in [0, 0.1) is 24.7 Å². The summed E-state index contributed by atoms with van der Waals surface area (Å²) in [7, 11) is 2.00. The van der Waals surface area contributed by atoms with E-state index in [1.807, 2.05) is 7.05 Å². The van der Waals surface area contributed by atoms with Crippen molar-refractivity contribution < 1.29 is 0 Å². The van der Waals surface area contributed by atoms with E-state index in [-0.39, 0.29) is 5.41 Å². The Balaban J connectivity index is 1.85. The van der Waals surface area contributed by atoms with Gasteiger partial charge < -0.3 is 5.32 Å². The molecule has 0 bridgehead atoms. The van der Waals surface area contributed by atoms with Crippen LogP contribution in [-0.2, 0) is 11.8 Å². The van der Waals surface area contributed by atoms with Gasteiger partial charge in [-0.1, -0.05) is 44.8 Å². The molecule has 1 aromatic carbocycles. The van der Waals surface area contributed by atoms with Crippen LogP contribution < -0.4 is 5.32 Å². The summed E-state index contributed by atoms with van der Waals surface area (Å²) in [6, 6.07) is 4.73. The third-order valence-corrected chi connectivity index (χ3v) is 6.47. The quantitative estimate of drug-likeness (QED) is 0.792. The zero-order valence-corrected chi connectivity index (χ0v) is 17.0. The van der Waals surface area contributed by atoms with Crippen LogP contribution in [-0.4, -0.2) is 31.6 Å². The van der Waals surface area contributed by atoms with Gasteiger partial charge in [0.25, 0.3) is 0 Å². The summed E-state index contributed by atoms with van der Waals surface area (Å²) in [6.07, 6.45) is 6.04. The van der Waals surface area contributed by atoms with Crippen LogP contribution in [0.2, 0.25) is 0 Å². The van der Waals surface area contributed by atoms with E-state index in [9.17, 15) is 0 Å². The van der Waals surface area contributed by atoms with Gasteiger partial charge in [0.2, 0.25) is 0 Å². The first-order valence-corrected chi connectivity index (χ1v) is 10.2. The molecule has 1 atom stereocenters. The Kier molecular flexibility index (Phi) is 5.78. The van der Waals surface area contributed by atoms with Gasteiger partial charge in [-0.05, 0) is 67.8 Å². The number of likely N-dealkylation sites (N-methyl/N-ethyl adjacent to an activating group) is 1. The molecule has 1 N–H and O–H groups in total. The fourth-order valence-corrected chi connectivity index (χ4v) is 4.60. The maximum Gasteiger partial charge on any atom is 0.0605 e. The molecule has 1 aliphatic heterocycles. The molecule has 26 heavy (non-hydrogen) atoms. The van der Waals surface area contributed by atoms with E-state index < -0.39 is 0 Å². The number of nitrogens with one attached hydrogen (secondary N) is 1. The van der Waals surface area contributed by atoms with Crippen molar-refractivity contribution in [1.29, 1.82) is 0 Å². The maximum atomic E-state index is 4.32. The van der Waals surface area contributed by atoms with E-state index in [2.05, 4.69) is 61.5 Å². The summed E-state index contributed by atoms with van der Waals surface area (Å²) >= 11 is 0. The molecule has 1 aromatic rings. The molecule has 1 heterocycles. The van der Waals surface area contributed by atoms with Crippen LogP contribution in [0.3, 0.4) is 0 Å². The summed E-state index contributed by atoms with van der Waals surface area (Å²) in [5, 5.41) is 3.33. The van der Waals surface area contributed by atoms with Crippen molar-refractivity contribution in [2.75, 3.05) is 26.7 Å². The van der Waals surface area contributed by atoms with E-state index >= 15 is 0 Å². The first kappa shape index (κ1) is 19.1. The summed E-state index contributed by atoms with van der Waals surface area (Å²) in [5.41, 5.74) is 6.70. The summed E-state index contributed by atoms with van der Waals surface area (Å²) < 4.78 is 0. The molecule has 0 aromatic heterocycles. The van der Waals surface area contributed by atoms with E-state index in [1.54, 1.807) is 0 Å². The standard InChI is InChI=1S/C24H34N2/c1-6-21-16-23(24(11-8-12-24)20(4)25-5)19(3)15-22(21)9-7-13-26-14-10-18(2)17-26/h15-16,18,25H,4,6,8,10-14,17H2,1-3,5H3. The van der Waals surface area contributed by atoms with Gasteiger partial charge in [0.1, 0.15) is 0 Å². The number of rotatable bonds is 5. The first-order valence-electron chi connectivity index (χ1n) is 10.2. The molecule has 1 unspecified atom stereocenters. The van der Waals surface area contributed by atoms with Crippen LogP contribution in [0.5, 0.6) is 0 Å². The number of likely N-dealkylation sites (tertiary alicyclic amines) is 1. The molecule has 1 saturated carbocycles. The molecule has 0 radical (unpaired) electrons. The third kappa shape index (κ3) is 3.55. The number of hydrogen-bond acceptors (Lipinski definition) is 2. The highest BCUT2D eigenvalue weighted by Gasteiger charge is 2.42. The fourth-order valence-electron chi connectivity index (χ4n) is 4.60. The lowest BCUT2D eigenvalue weighted by atomic mass is 9.61. The lowest BCUT2D eigenvalue weighted by molar-refractivity contribution is 0.282. The number of nitrogens with zero attached hydrogens (tertiary/aromatic N) is 1. The monoisotopic (exact) mass is 350 g/mol. The van der Waals surface area contributed by atoms with Crippen molar-refractivity contribution in [2.45, 2.75) is 58.3 Å². The fraction of sp³-hybridized carbons (Fsp3) is 0.583. The predicted molar refractivity (Wildman–Crippen MR) is 111 cm³/mol. The SMILES string of the molecule is C=C(NC)C1(c2cc(CC)c(C#CCN3CCC(C)C3)cc2C)CCC1. The predicted octanol–water partition coefficient (Wildman–Crippen LogP) is 4.41. The number of allylic oxidation sites excluding steroid dienone is 1. The molecule has 2 heteroatoms. The van der Waals surface area contributed by atoms with Crippen LogP contribution in [0.1, 0.15) is 61.8 Å². The van der Waals surface area contributed by atoms with Crippen LogP contribution in [0.4, 0.5) is 0 Å². The Morgan fingerprint density at radius 3 is 2.69 bits per heavy atom. The zero-order valence-electron chi connectivity index (χ0n) is 17.0. The van der Waals surface area contributed by atoms with Crippen LogP contribution >= 0.6 is 0 Å². The third-order valence-electron chi connectivity index (χ3n) is 6.47. The molecule has 3 rings (SSSR count). The molecule has 0 spiro atoms. The Labute approximate surface area is 160 Å². The average Bonchev–Trinajstić information content (AvgIpc) is 3.00. The lowest BCUT2D eigenvalue weighted by Gasteiger charge is -2.45. The van der Waals surface area contributed by atoms with Gasteiger partial charge in [0, 0.05) is 30.3 Å². The zero-order chi connectivity index (χ0) is 18.7. The Hall–Kier alpha value is -1.72. The minimum absolute atomic E-state index is 0.125. The van der Waals surface area contributed by atoms with Crippen molar-refractivity contribution in [1.82, 2.24) is 10.2 Å². The Morgan fingerprint density at radius 2 is 2.15 bits per heavy atom. The molecule has 1 aliphatic carbocycles. The largest absolute Gasteiger partial charge is 0.391 e. The van der Waals surface area contributed by atoms with Crippen molar-refractivity contribution in [2.24, 2.45) is 5.92 Å². The molecule has 2 aliphatic rings. The first-order chi connectivity index (χ1) is 12.5. The number of benzene rings is 1. The van der Waals surface area contributed by atoms with E-state index in [0.717, 1.165) is 24.6 Å². The highest BCUT2D eigenvalue weighted by atomic mass is 15.1. The maximum absolute atomic E-state index is 4.32. The summed E-state index contributed by atoms with van der Waals surface area (Å²) in [5.74, 6) is 7.73. The summed E-state index contributed by atoms with van der Waals surface area (Å²) in [4.78, 5) is 2.48. The second-order valence-corrected chi connectivity index (χ2v) is 8.27. The van der Waals surface area contributed by atoms with Crippen LogP contribution in [0.25, 0.3) is 0 Å². The van der Waals surface area contributed by atoms with E-state index in [4.69, 9.17) is 0 Å². The molecule has 2 nitrogen and oxygen atoms in total. The minimum Gasteiger partial charge on any atom is -0.391 e. The Morgan fingerprint density at radius 1 is 1.38 bits per heavy atom. The van der Waals surface area contributed by atoms with Gasteiger partial charge in [-0.2, -0.15) is 0 Å². The van der Waals surface area contributed by atoms with Crippen molar-refractivity contribution in [3.63, 3.8) is 0 Å². The second-order valence-electron chi connectivity index (χ2n) is 8.27. The highest BCUT2D eigenvalue weighted by Crippen LogP contribution is 2.49. The van der Waals surface area contributed by atoms with Gasteiger partial charge in [0.15, 0.2) is 0 Å². The second kappa shape index (κ2) is 7.89.